The summed E-state index contributed by atoms with van der Waals surface area (Å²) < 4.78 is 11.1. The van der Waals surface area contributed by atoms with Crippen molar-refractivity contribution in [2.24, 2.45) is 5.73 Å². The third-order valence-electron chi connectivity index (χ3n) is 2.73. The Bertz CT molecular complexity index is 391. The van der Waals surface area contributed by atoms with Crippen molar-refractivity contribution in [3.05, 3.63) is 0 Å². The zero-order chi connectivity index (χ0) is 14.4. The number of primary amides is 1. The van der Waals surface area contributed by atoms with Crippen molar-refractivity contribution < 1.29 is 23.7 Å². The van der Waals surface area contributed by atoms with Gasteiger partial charge in [0.1, 0.15) is 6.04 Å². The minimum Gasteiger partial charge on any atom is -0.480 e. The Kier molecular flexibility index (Phi) is 5.74. The molecule has 0 aromatic carbocycles. The maximum Gasteiger partial charge on any atom is 0.326 e. The van der Waals surface area contributed by atoms with Crippen molar-refractivity contribution in [2.75, 3.05) is 11.5 Å². The van der Waals surface area contributed by atoms with Gasteiger partial charge in [0.25, 0.3) is 0 Å². The second kappa shape index (κ2) is 7.07. The van der Waals surface area contributed by atoms with Crippen molar-refractivity contribution in [1.29, 1.82) is 0 Å². The lowest BCUT2D eigenvalue weighted by Gasteiger charge is -2.23. The number of nitrogens with one attached hydrogen (secondary N) is 2. The highest BCUT2D eigenvalue weighted by Crippen LogP contribution is 2.08. The molecule has 1 aliphatic rings. The summed E-state index contributed by atoms with van der Waals surface area (Å²) in [6.07, 6.45) is 0.721. The molecule has 9 heteroatoms. The first kappa shape index (κ1) is 15.4. The summed E-state index contributed by atoms with van der Waals surface area (Å²) in [7, 11) is -0.829. The van der Waals surface area contributed by atoms with Gasteiger partial charge in [-0.15, -0.1) is 0 Å². The van der Waals surface area contributed by atoms with E-state index < -0.39 is 41.2 Å². The van der Waals surface area contributed by atoms with Crippen LogP contribution in [0.4, 0.5) is 4.79 Å². The van der Waals surface area contributed by atoms with Crippen LogP contribution in [-0.4, -0.2) is 50.8 Å². The second-order valence-corrected chi connectivity index (χ2v) is 6.00. The van der Waals surface area contributed by atoms with Gasteiger partial charge in [-0.25, -0.2) is 9.59 Å². The van der Waals surface area contributed by atoms with Crippen LogP contribution in [0.2, 0.25) is 0 Å². The summed E-state index contributed by atoms with van der Waals surface area (Å²) in [4.78, 5) is 33.1. The van der Waals surface area contributed by atoms with E-state index in [4.69, 9.17) is 10.8 Å². The van der Waals surface area contributed by atoms with E-state index >= 15 is 0 Å². The van der Waals surface area contributed by atoms with Gasteiger partial charge < -0.3 is 21.5 Å². The van der Waals surface area contributed by atoms with Crippen LogP contribution in [0.3, 0.4) is 0 Å². The van der Waals surface area contributed by atoms with Crippen LogP contribution in [0, 0.1) is 0 Å². The second-order valence-electron chi connectivity index (χ2n) is 4.30. The molecule has 0 bridgehead atoms. The molecule has 1 aliphatic heterocycles. The SMILES string of the molecule is NC(=O)C[C@H](NC(=O)NC1CCS(=O)CC1)C(=O)O. The first-order chi connectivity index (χ1) is 8.88. The van der Waals surface area contributed by atoms with Gasteiger partial charge in [-0.3, -0.25) is 9.00 Å². The molecular weight excluding hydrogens is 274 g/mol. The van der Waals surface area contributed by atoms with Crippen molar-refractivity contribution in [2.45, 2.75) is 31.3 Å². The molecule has 1 saturated heterocycles. The fourth-order valence-electron chi connectivity index (χ4n) is 1.72. The molecular formula is C10H17N3O5S. The molecule has 8 nitrogen and oxygen atoms in total. The predicted octanol–water partition coefficient (Wildman–Crippen LogP) is -1.47. The molecule has 5 N–H and O–H groups in total. The molecule has 0 spiro atoms. The number of carboxylic acid groups (broad SMARTS) is 1. The van der Waals surface area contributed by atoms with Crippen molar-refractivity contribution in [3.63, 3.8) is 0 Å². The molecule has 1 rings (SSSR count). The minimum atomic E-state index is -1.34. The first-order valence-electron chi connectivity index (χ1n) is 5.81. The van der Waals surface area contributed by atoms with E-state index in [0.29, 0.717) is 24.3 Å². The molecule has 1 heterocycles. The third kappa shape index (κ3) is 5.69. The molecule has 0 aliphatic carbocycles. The number of nitrogens with two attached hydrogens (primary N) is 1. The van der Waals surface area contributed by atoms with Crippen LogP contribution in [0.15, 0.2) is 0 Å². The Balaban J connectivity index is 2.42. The van der Waals surface area contributed by atoms with E-state index in [2.05, 4.69) is 10.6 Å². The fourth-order valence-corrected chi connectivity index (χ4v) is 3.02. The van der Waals surface area contributed by atoms with Gasteiger partial charge in [0.05, 0.1) is 6.42 Å². The molecule has 108 valence electrons. The molecule has 19 heavy (non-hydrogen) atoms. The standard InChI is InChI=1S/C10H17N3O5S/c11-8(14)5-7(9(15)16)13-10(17)12-6-1-3-19(18)4-2-6/h6-7H,1-5H2,(H2,11,14)(H,15,16)(H2,12,13,17)/t6?,7-,19?/m0/s1. The number of hydrogen-bond acceptors (Lipinski definition) is 4. The minimum absolute atomic E-state index is 0.124. The number of rotatable bonds is 5. The van der Waals surface area contributed by atoms with E-state index in [0.717, 1.165) is 0 Å². The lowest BCUT2D eigenvalue weighted by Crippen LogP contribution is -2.51. The Labute approximate surface area is 112 Å². The molecule has 3 amide bonds. The summed E-state index contributed by atoms with van der Waals surface area (Å²) >= 11 is 0. The summed E-state index contributed by atoms with van der Waals surface area (Å²) in [6.45, 7) is 0. The van der Waals surface area contributed by atoms with Crippen LogP contribution in [0.5, 0.6) is 0 Å². The molecule has 1 fully saturated rings. The lowest BCUT2D eigenvalue weighted by molar-refractivity contribution is -0.140. The number of urea groups is 1. The van der Waals surface area contributed by atoms with E-state index in [9.17, 15) is 18.6 Å². The quantitative estimate of drug-likeness (QED) is 0.489. The zero-order valence-corrected chi connectivity index (χ0v) is 11.1. The van der Waals surface area contributed by atoms with E-state index in [-0.39, 0.29) is 6.04 Å². The predicted molar refractivity (Wildman–Crippen MR) is 67.8 cm³/mol. The molecule has 0 saturated carbocycles. The van der Waals surface area contributed by atoms with Crippen LogP contribution in [0.25, 0.3) is 0 Å². The number of hydrogen-bond donors (Lipinski definition) is 4. The molecule has 0 aromatic heterocycles. The largest absolute Gasteiger partial charge is 0.480 e. The van der Waals surface area contributed by atoms with Crippen molar-refractivity contribution in [1.82, 2.24) is 10.6 Å². The van der Waals surface area contributed by atoms with Gasteiger partial charge >= 0.3 is 12.0 Å². The van der Waals surface area contributed by atoms with Gasteiger partial charge in [-0.2, -0.15) is 0 Å². The highest BCUT2D eigenvalue weighted by molar-refractivity contribution is 7.85. The van der Waals surface area contributed by atoms with E-state index in [1.54, 1.807) is 0 Å². The Morgan fingerprint density at radius 3 is 2.37 bits per heavy atom. The van der Waals surface area contributed by atoms with Crippen LogP contribution < -0.4 is 16.4 Å². The summed E-state index contributed by atoms with van der Waals surface area (Å²) in [6, 6.07) is -2.12. The zero-order valence-electron chi connectivity index (χ0n) is 10.3. The normalized spacial score (nSPS) is 24.2. The monoisotopic (exact) mass is 291 g/mol. The van der Waals surface area contributed by atoms with Gasteiger partial charge in [-0.05, 0) is 12.8 Å². The molecule has 0 aromatic rings. The highest BCUT2D eigenvalue weighted by atomic mass is 32.2. The average molecular weight is 291 g/mol. The summed E-state index contributed by atoms with van der Waals surface area (Å²) in [5.41, 5.74) is 4.90. The Hall–Kier alpha value is -1.64. The fraction of sp³-hybridized carbons (Fsp3) is 0.700. The summed E-state index contributed by atoms with van der Waals surface area (Å²) in [5.74, 6) is -1.08. The maximum atomic E-state index is 11.6. The number of carboxylic acids is 1. The van der Waals surface area contributed by atoms with Gasteiger partial charge in [-0.1, -0.05) is 0 Å². The Morgan fingerprint density at radius 2 is 1.89 bits per heavy atom. The van der Waals surface area contributed by atoms with Gasteiger partial charge in [0.2, 0.25) is 5.91 Å². The van der Waals surface area contributed by atoms with Crippen LogP contribution in [0.1, 0.15) is 19.3 Å². The van der Waals surface area contributed by atoms with Crippen LogP contribution in [-0.2, 0) is 20.4 Å². The average Bonchev–Trinajstić information content (AvgIpc) is 2.30. The maximum absolute atomic E-state index is 11.6. The molecule has 0 radical (unpaired) electrons. The molecule has 0 unspecified atom stereocenters. The number of carbonyl (C=O) groups is 3. The topological polar surface area (TPSA) is 139 Å². The third-order valence-corrected chi connectivity index (χ3v) is 4.11. The van der Waals surface area contributed by atoms with Crippen molar-refractivity contribution in [3.8, 4) is 0 Å². The highest BCUT2D eigenvalue weighted by Gasteiger charge is 2.24. The van der Waals surface area contributed by atoms with Gasteiger partial charge in [0.15, 0.2) is 0 Å². The summed E-state index contributed by atoms with van der Waals surface area (Å²) in [5, 5.41) is 13.6. The Morgan fingerprint density at radius 1 is 1.32 bits per heavy atom. The van der Waals surface area contributed by atoms with Crippen LogP contribution >= 0.6 is 0 Å². The number of carbonyl (C=O) groups excluding carboxylic acids is 2. The van der Waals surface area contributed by atoms with Gasteiger partial charge in [0, 0.05) is 28.3 Å². The number of aliphatic carboxylic acids is 1. The van der Waals surface area contributed by atoms with E-state index in [1.165, 1.54) is 0 Å². The van der Waals surface area contributed by atoms with Crippen molar-refractivity contribution >= 4 is 28.7 Å². The molecule has 1 atom stereocenters. The number of amides is 3. The lowest BCUT2D eigenvalue weighted by atomic mass is 10.1. The van der Waals surface area contributed by atoms with E-state index in [1.807, 2.05) is 0 Å². The smallest absolute Gasteiger partial charge is 0.326 e. The first-order valence-corrected chi connectivity index (χ1v) is 7.30.